The van der Waals surface area contributed by atoms with Crippen molar-refractivity contribution in [2.24, 2.45) is 5.92 Å². The Kier molecular flexibility index (Phi) is 5.94. The van der Waals surface area contributed by atoms with Crippen LogP contribution in [0, 0.1) is 5.92 Å². The number of amides is 2. The average Bonchev–Trinajstić information content (AvgIpc) is 2.37. The van der Waals surface area contributed by atoms with Crippen LogP contribution in [-0.2, 0) is 0 Å². The molecule has 0 aromatic rings. The number of hydrogen-bond donors (Lipinski definition) is 1. The fourth-order valence-corrected chi connectivity index (χ4v) is 3.17. The zero-order valence-corrected chi connectivity index (χ0v) is 13.2. The highest BCUT2D eigenvalue weighted by Gasteiger charge is 2.34. The van der Waals surface area contributed by atoms with Crippen molar-refractivity contribution in [1.29, 1.82) is 0 Å². The number of urea groups is 1. The van der Waals surface area contributed by atoms with E-state index in [1.165, 1.54) is 4.90 Å². The first-order chi connectivity index (χ1) is 10.3. The summed E-state index contributed by atoms with van der Waals surface area (Å²) in [5.74, 6) is 0.397. The first kappa shape index (κ1) is 17.4. The highest BCUT2D eigenvalue weighted by Crippen LogP contribution is 2.27. The summed E-state index contributed by atoms with van der Waals surface area (Å²) < 4.78 is 37.3. The molecule has 1 heterocycles. The highest BCUT2D eigenvalue weighted by atomic mass is 19.4. The van der Waals surface area contributed by atoms with Gasteiger partial charge in [-0.3, -0.25) is 0 Å². The summed E-state index contributed by atoms with van der Waals surface area (Å²) in [6.07, 6.45) is -0.339. The van der Waals surface area contributed by atoms with Crippen molar-refractivity contribution < 1.29 is 18.0 Å². The maximum absolute atomic E-state index is 12.4. The second-order valence-corrected chi connectivity index (χ2v) is 6.60. The Morgan fingerprint density at radius 2 is 2.00 bits per heavy atom. The van der Waals surface area contributed by atoms with E-state index in [0.717, 1.165) is 45.2 Å². The lowest BCUT2D eigenvalue weighted by Gasteiger charge is -2.38. The predicted octanol–water partition coefficient (Wildman–Crippen LogP) is 2.84. The van der Waals surface area contributed by atoms with Crippen molar-refractivity contribution >= 4 is 6.03 Å². The van der Waals surface area contributed by atoms with Gasteiger partial charge in [0.25, 0.3) is 0 Å². The third-order valence-electron chi connectivity index (χ3n) is 4.68. The van der Waals surface area contributed by atoms with Crippen molar-refractivity contribution in [2.45, 2.75) is 50.7 Å². The van der Waals surface area contributed by atoms with Gasteiger partial charge in [-0.2, -0.15) is 13.2 Å². The molecule has 22 heavy (non-hydrogen) atoms. The average molecular weight is 321 g/mol. The molecular weight excluding hydrogens is 295 g/mol. The van der Waals surface area contributed by atoms with Crippen LogP contribution in [0.5, 0.6) is 0 Å². The van der Waals surface area contributed by atoms with Gasteiger partial charge in [-0.05, 0) is 51.6 Å². The van der Waals surface area contributed by atoms with E-state index in [0.29, 0.717) is 12.5 Å². The van der Waals surface area contributed by atoms with Crippen molar-refractivity contribution in [2.75, 3.05) is 33.2 Å². The number of hydrogen-bond acceptors (Lipinski definition) is 2. The summed E-state index contributed by atoms with van der Waals surface area (Å²) in [6, 6.07) is -0.349. The van der Waals surface area contributed by atoms with Gasteiger partial charge in [-0.25, -0.2) is 4.79 Å². The van der Waals surface area contributed by atoms with Crippen LogP contribution in [0.1, 0.15) is 38.5 Å². The maximum atomic E-state index is 12.4. The predicted molar refractivity (Wildman–Crippen MR) is 78.6 cm³/mol. The van der Waals surface area contributed by atoms with Crippen molar-refractivity contribution in [3.8, 4) is 0 Å². The first-order valence-corrected chi connectivity index (χ1v) is 8.15. The van der Waals surface area contributed by atoms with Gasteiger partial charge in [0.05, 0.1) is 6.42 Å². The van der Waals surface area contributed by atoms with Gasteiger partial charge in [-0.1, -0.05) is 0 Å². The zero-order valence-electron chi connectivity index (χ0n) is 13.2. The molecule has 2 aliphatic rings. The third-order valence-corrected chi connectivity index (χ3v) is 4.68. The zero-order chi connectivity index (χ0) is 16.2. The largest absolute Gasteiger partial charge is 0.390 e. The number of nitrogens with one attached hydrogen (secondary N) is 1. The van der Waals surface area contributed by atoms with Crippen LogP contribution in [0.2, 0.25) is 0 Å². The van der Waals surface area contributed by atoms with Crippen LogP contribution in [0.15, 0.2) is 0 Å². The van der Waals surface area contributed by atoms with Crippen LogP contribution in [0.3, 0.4) is 0 Å². The van der Waals surface area contributed by atoms with Crippen LogP contribution in [0.4, 0.5) is 18.0 Å². The Morgan fingerprint density at radius 3 is 2.55 bits per heavy atom. The minimum atomic E-state index is -4.21. The fraction of sp³-hybridized carbons (Fsp3) is 0.933. The number of piperidine rings is 1. The second-order valence-electron chi connectivity index (χ2n) is 6.60. The third kappa shape index (κ3) is 5.34. The summed E-state index contributed by atoms with van der Waals surface area (Å²) in [7, 11) is 2.05. The smallest absolute Gasteiger partial charge is 0.338 e. The van der Waals surface area contributed by atoms with Gasteiger partial charge in [0.1, 0.15) is 0 Å². The standard InChI is InChI=1S/C15H26F3N3O/c1-20-8-3-4-12(11-20)10-19-14(22)21(13-5-2-6-13)9-7-15(16,17)18/h12-13H,2-11H2,1H3,(H,19,22)/t12-/m1/s1. The van der Waals surface area contributed by atoms with Gasteiger partial charge in [-0.15, -0.1) is 0 Å². The molecule has 0 spiro atoms. The molecule has 2 amide bonds. The normalized spacial score (nSPS) is 23.9. The summed E-state index contributed by atoms with van der Waals surface area (Å²) in [5.41, 5.74) is 0. The number of carbonyl (C=O) groups excluding carboxylic acids is 1. The van der Waals surface area contributed by atoms with Crippen LogP contribution < -0.4 is 5.32 Å². The SMILES string of the molecule is CN1CCC[C@H](CNC(=O)N(CCC(F)(F)F)C2CCC2)C1. The van der Waals surface area contributed by atoms with Crippen LogP contribution in [0.25, 0.3) is 0 Å². The Balaban J connectivity index is 1.80. The quantitative estimate of drug-likeness (QED) is 0.845. The molecule has 2 fully saturated rings. The molecule has 0 unspecified atom stereocenters. The summed E-state index contributed by atoms with van der Waals surface area (Å²) in [6.45, 7) is 2.33. The molecule has 1 atom stereocenters. The highest BCUT2D eigenvalue weighted by molar-refractivity contribution is 5.74. The number of nitrogens with zero attached hydrogens (tertiary/aromatic N) is 2. The van der Waals surface area contributed by atoms with Gasteiger partial charge < -0.3 is 15.1 Å². The van der Waals surface area contributed by atoms with Crippen molar-refractivity contribution in [3.63, 3.8) is 0 Å². The maximum Gasteiger partial charge on any atom is 0.390 e. The monoisotopic (exact) mass is 321 g/mol. The second kappa shape index (κ2) is 7.53. The van der Waals surface area contributed by atoms with Crippen LogP contribution in [-0.4, -0.2) is 61.3 Å². The van der Waals surface area contributed by atoms with Gasteiger partial charge in [0, 0.05) is 25.7 Å². The topological polar surface area (TPSA) is 35.6 Å². The van der Waals surface area contributed by atoms with E-state index >= 15 is 0 Å². The number of rotatable bonds is 5. The minimum Gasteiger partial charge on any atom is -0.338 e. The van der Waals surface area contributed by atoms with E-state index in [-0.39, 0.29) is 18.6 Å². The molecular formula is C15H26F3N3O. The van der Waals surface area contributed by atoms with E-state index in [4.69, 9.17) is 0 Å². The lowest BCUT2D eigenvalue weighted by atomic mass is 9.91. The summed E-state index contributed by atoms with van der Waals surface area (Å²) in [5, 5.41) is 2.85. The number of alkyl halides is 3. The van der Waals surface area contributed by atoms with Crippen LogP contribution >= 0.6 is 0 Å². The molecule has 1 aliphatic heterocycles. The molecule has 1 N–H and O–H groups in total. The van der Waals surface area contributed by atoms with Gasteiger partial charge >= 0.3 is 12.2 Å². The lowest BCUT2D eigenvalue weighted by molar-refractivity contribution is -0.137. The molecule has 1 saturated heterocycles. The van der Waals surface area contributed by atoms with E-state index in [1.54, 1.807) is 0 Å². The van der Waals surface area contributed by atoms with Crippen molar-refractivity contribution in [1.82, 2.24) is 15.1 Å². The molecule has 0 radical (unpaired) electrons. The number of carbonyl (C=O) groups is 1. The number of halogens is 3. The van der Waals surface area contributed by atoms with E-state index in [2.05, 4.69) is 17.3 Å². The van der Waals surface area contributed by atoms with E-state index in [1.807, 2.05) is 0 Å². The molecule has 128 valence electrons. The van der Waals surface area contributed by atoms with E-state index < -0.39 is 12.6 Å². The molecule has 1 saturated carbocycles. The molecule has 1 aliphatic carbocycles. The van der Waals surface area contributed by atoms with Gasteiger partial charge in [0.15, 0.2) is 0 Å². The van der Waals surface area contributed by atoms with Crippen molar-refractivity contribution in [3.05, 3.63) is 0 Å². The minimum absolute atomic E-state index is 0.0172. The molecule has 0 bridgehead atoms. The molecule has 0 aromatic heterocycles. The fourth-order valence-electron chi connectivity index (χ4n) is 3.17. The summed E-state index contributed by atoms with van der Waals surface area (Å²) >= 11 is 0. The molecule has 0 aromatic carbocycles. The molecule has 4 nitrogen and oxygen atoms in total. The Morgan fingerprint density at radius 1 is 1.27 bits per heavy atom. The molecule has 7 heteroatoms. The first-order valence-electron chi connectivity index (χ1n) is 8.15. The van der Waals surface area contributed by atoms with Gasteiger partial charge in [0.2, 0.25) is 0 Å². The molecule has 2 rings (SSSR count). The summed E-state index contributed by atoms with van der Waals surface area (Å²) in [4.78, 5) is 15.9. The Bertz CT molecular complexity index is 372. The number of likely N-dealkylation sites (tertiary alicyclic amines) is 1. The Labute approximate surface area is 130 Å². The Hall–Kier alpha value is -0.980. The lowest BCUT2D eigenvalue weighted by Crippen LogP contribution is -2.51. The van der Waals surface area contributed by atoms with E-state index in [9.17, 15) is 18.0 Å².